The van der Waals surface area contributed by atoms with Crippen LogP contribution < -0.4 is 10.2 Å². The maximum absolute atomic E-state index is 13.4. The van der Waals surface area contributed by atoms with Crippen LogP contribution in [-0.4, -0.2) is 53.5 Å². The Hall–Kier alpha value is -3.01. The van der Waals surface area contributed by atoms with E-state index in [1.807, 2.05) is 11.9 Å². The molecule has 0 spiro atoms. The van der Waals surface area contributed by atoms with Gasteiger partial charge in [-0.3, -0.25) is 0 Å². The summed E-state index contributed by atoms with van der Waals surface area (Å²) in [5.41, 5.74) is -0.192. The topological polar surface area (TPSA) is 79.8 Å². The molecule has 1 aromatic carbocycles. The molecule has 8 nitrogen and oxygen atoms in total. The second kappa shape index (κ2) is 10.1. The largest absolute Gasteiger partial charge is 0.528 e. The molecule has 1 aromatic heterocycles. The lowest BCUT2D eigenvalue weighted by Gasteiger charge is -2.33. The summed E-state index contributed by atoms with van der Waals surface area (Å²) in [6.45, 7) is 7.41. The first kappa shape index (κ1) is 23.6. The van der Waals surface area contributed by atoms with E-state index in [1.54, 1.807) is 31.9 Å². The average Bonchev–Trinajstić information content (AvgIpc) is 2.71. The number of ether oxygens (including phenoxy) is 1. The number of halogens is 2. The molecule has 1 saturated heterocycles. The normalized spacial score (nSPS) is 15.3. The van der Waals surface area contributed by atoms with Gasteiger partial charge in [0.15, 0.2) is 11.6 Å². The average molecular weight is 450 g/mol. The highest BCUT2D eigenvalue weighted by Crippen LogP contribution is 2.23. The molecule has 1 aliphatic heterocycles. The summed E-state index contributed by atoms with van der Waals surface area (Å²) in [4.78, 5) is 27.6. The molecule has 2 aromatic rings. The third-order valence-electron chi connectivity index (χ3n) is 4.93. The van der Waals surface area contributed by atoms with Gasteiger partial charge in [0.25, 0.3) is 0 Å². The highest BCUT2D eigenvalue weighted by molar-refractivity contribution is 5.60. The molecule has 0 bridgehead atoms. The van der Waals surface area contributed by atoms with Crippen molar-refractivity contribution in [2.45, 2.75) is 39.2 Å². The SMILES string of the molecule is CN(CC1CCN(OC(=O)OC(C)(C)C)CC1)c1cc(Nc2ccc(F)c(F)c2)ncn1. The second-order valence-electron chi connectivity index (χ2n) is 8.82. The van der Waals surface area contributed by atoms with Crippen molar-refractivity contribution >= 4 is 23.5 Å². The monoisotopic (exact) mass is 449 g/mol. The van der Waals surface area contributed by atoms with Gasteiger partial charge in [-0.25, -0.2) is 23.5 Å². The summed E-state index contributed by atoms with van der Waals surface area (Å²) in [7, 11) is 1.94. The van der Waals surface area contributed by atoms with Crippen LogP contribution >= 0.6 is 0 Å². The van der Waals surface area contributed by atoms with Crippen molar-refractivity contribution in [2.75, 3.05) is 36.9 Å². The van der Waals surface area contributed by atoms with Crippen LogP contribution in [0.15, 0.2) is 30.6 Å². The number of nitrogens with one attached hydrogen (secondary N) is 1. The quantitative estimate of drug-likeness (QED) is 0.645. The third kappa shape index (κ3) is 7.01. The molecule has 0 saturated carbocycles. The van der Waals surface area contributed by atoms with Gasteiger partial charge in [-0.1, -0.05) is 0 Å². The van der Waals surface area contributed by atoms with Crippen LogP contribution in [0.1, 0.15) is 33.6 Å². The zero-order valence-corrected chi connectivity index (χ0v) is 18.8. The summed E-state index contributed by atoms with van der Waals surface area (Å²) in [5, 5.41) is 4.60. The summed E-state index contributed by atoms with van der Waals surface area (Å²) in [5.74, 6) is -0.244. The van der Waals surface area contributed by atoms with E-state index in [1.165, 1.54) is 12.4 Å². The van der Waals surface area contributed by atoms with Crippen molar-refractivity contribution in [3.63, 3.8) is 0 Å². The number of hydrogen-bond acceptors (Lipinski definition) is 8. The summed E-state index contributed by atoms with van der Waals surface area (Å²) in [6.07, 6.45) is 2.46. The van der Waals surface area contributed by atoms with Gasteiger partial charge in [0.1, 0.15) is 23.6 Å². The molecule has 174 valence electrons. The minimum Gasteiger partial charge on any atom is -0.427 e. The van der Waals surface area contributed by atoms with Crippen LogP contribution in [-0.2, 0) is 9.57 Å². The van der Waals surface area contributed by atoms with E-state index < -0.39 is 23.4 Å². The number of hydroxylamine groups is 2. The number of aromatic nitrogens is 2. The molecule has 0 atom stereocenters. The van der Waals surface area contributed by atoms with E-state index in [0.717, 1.165) is 31.5 Å². The molecule has 2 heterocycles. The van der Waals surface area contributed by atoms with Gasteiger partial charge in [0.2, 0.25) is 0 Å². The highest BCUT2D eigenvalue weighted by Gasteiger charge is 2.26. The van der Waals surface area contributed by atoms with Gasteiger partial charge >= 0.3 is 6.16 Å². The van der Waals surface area contributed by atoms with Crippen molar-refractivity contribution in [3.05, 3.63) is 42.2 Å². The van der Waals surface area contributed by atoms with E-state index in [9.17, 15) is 13.6 Å². The predicted molar refractivity (Wildman–Crippen MR) is 117 cm³/mol. The van der Waals surface area contributed by atoms with Gasteiger partial charge in [-0.15, -0.1) is 5.06 Å². The first-order valence-electron chi connectivity index (χ1n) is 10.5. The zero-order chi connectivity index (χ0) is 23.3. The van der Waals surface area contributed by atoms with Crippen LogP contribution in [0.4, 0.5) is 30.9 Å². The molecule has 1 fully saturated rings. The number of rotatable bonds is 6. The van der Waals surface area contributed by atoms with Gasteiger partial charge in [0, 0.05) is 44.5 Å². The molecule has 32 heavy (non-hydrogen) atoms. The predicted octanol–water partition coefficient (Wildman–Crippen LogP) is 4.51. The van der Waals surface area contributed by atoms with Gasteiger partial charge in [0.05, 0.1) is 0 Å². The minimum absolute atomic E-state index is 0.397. The smallest absolute Gasteiger partial charge is 0.427 e. The number of benzene rings is 1. The molecule has 0 aliphatic carbocycles. The summed E-state index contributed by atoms with van der Waals surface area (Å²) in [6, 6.07) is 5.33. The number of hydrogen-bond donors (Lipinski definition) is 1. The first-order valence-corrected chi connectivity index (χ1v) is 10.5. The van der Waals surface area contributed by atoms with E-state index in [2.05, 4.69) is 15.3 Å². The lowest BCUT2D eigenvalue weighted by molar-refractivity contribution is -0.154. The maximum Gasteiger partial charge on any atom is 0.528 e. The van der Waals surface area contributed by atoms with E-state index >= 15 is 0 Å². The number of carbonyl (C=O) groups is 1. The molecule has 10 heteroatoms. The lowest BCUT2D eigenvalue weighted by Crippen LogP contribution is -2.40. The van der Waals surface area contributed by atoms with E-state index in [-0.39, 0.29) is 0 Å². The molecule has 0 radical (unpaired) electrons. The van der Waals surface area contributed by atoms with Gasteiger partial charge in [-0.05, 0) is 51.7 Å². The fraction of sp³-hybridized carbons (Fsp3) is 0.500. The highest BCUT2D eigenvalue weighted by atomic mass is 19.2. The molecule has 1 aliphatic rings. The Bertz CT molecular complexity index is 930. The first-order chi connectivity index (χ1) is 15.1. The number of anilines is 3. The number of nitrogens with zero attached hydrogens (tertiary/aromatic N) is 4. The van der Waals surface area contributed by atoms with Crippen LogP contribution in [0.5, 0.6) is 0 Å². The van der Waals surface area contributed by atoms with Crippen LogP contribution in [0.25, 0.3) is 0 Å². The summed E-state index contributed by atoms with van der Waals surface area (Å²) < 4.78 is 31.7. The zero-order valence-electron chi connectivity index (χ0n) is 18.8. The third-order valence-corrected chi connectivity index (χ3v) is 4.93. The Balaban J connectivity index is 1.50. The fourth-order valence-electron chi connectivity index (χ4n) is 3.38. The number of piperidine rings is 1. The second-order valence-corrected chi connectivity index (χ2v) is 8.82. The van der Waals surface area contributed by atoms with Crippen LogP contribution in [0.3, 0.4) is 0 Å². The molecule has 3 rings (SSSR count). The van der Waals surface area contributed by atoms with Crippen molar-refractivity contribution in [2.24, 2.45) is 5.92 Å². The molecular formula is C22H29F2N5O3. The van der Waals surface area contributed by atoms with Crippen molar-refractivity contribution < 1.29 is 23.1 Å². The molecule has 0 amide bonds. The number of carbonyl (C=O) groups excluding carboxylic acids is 1. The summed E-state index contributed by atoms with van der Waals surface area (Å²) >= 11 is 0. The lowest BCUT2D eigenvalue weighted by atomic mass is 9.97. The van der Waals surface area contributed by atoms with Crippen LogP contribution in [0, 0.1) is 17.6 Å². The molecule has 0 unspecified atom stereocenters. The minimum atomic E-state index is -0.927. The van der Waals surface area contributed by atoms with Crippen molar-refractivity contribution in [1.82, 2.24) is 15.0 Å². The van der Waals surface area contributed by atoms with Gasteiger partial charge in [-0.2, -0.15) is 0 Å². The van der Waals surface area contributed by atoms with Gasteiger partial charge < -0.3 is 19.8 Å². The van der Waals surface area contributed by atoms with Crippen molar-refractivity contribution in [3.8, 4) is 0 Å². The Morgan fingerprint density at radius 3 is 2.56 bits per heavy atom. The van der Waals surface area contributed by atoms with Crippen LogP contribution in [0.2, 0.25) is 0 Å². The Labute approximate surface area is 186 Å². The Morgan fingerprint density at radius 2 is 1.91 bits per heavy atom. The maximum atomic E-state index is 13.4. The van der Waals surface area contributed by atoms with E-state index in [0.29, 0.717) is 36.3 Å². The molecule has 1 N–H and O–H groups in total. The fourth-order valence-corrected chi connectivity index (χ4v) is 3.38. The Kier molecular flexibility index (Phi) is 7.44. The van der Waals surface area contributed by atoms with E-state index in [4.69, 9.17) is 9.57 Å². The Morgan fingerprint density at radius 1 is 1.19 bits per heavy atom. The standard InChI is InChI=1S/C22H29F2N5O3/c1-22(2,3)31-21(30)32-29-9-7-15(8-10-29)13-28(4)20-12-19(25-14-26-20)27-16-5-6-17(23)18(24)11-16/h5-6,11-12,14-15H,7-10,13H2,1-4H3,(H,25,26,27). The van der Waals surface area contributed by atoms with Crippen molar-refractivity contribution in [1.29, 1.82) is 0 Å². The molecular weight excluding hydrogens is 420 g/mol.